The number of hydrogen-bond donors (Lipinski definition) is 2. The minimum Gasteiger partial charge on any atom is -0.377 e. The average Bonchev–Trinajstić information content (AvgIpc) is 2.42. The molecule has 18 heavy (non-hydrogen) atoms. The topological polar surface area (TPSA) is 45.7 Å². The van der Waals surface area contributed by atoms with Crippen LogP contribution in [-0.4, -0.2) is 39.3 Å². The van der Waals surface area contributed by atoms with Crippen molar-refractivity contribution in [3.8, 4) is 0 Å². The van der Waals surface area contributed by atoms with E-state index in [2.05, 4.69) is 28.6 Å². The van der Waals surface area contributed by atoms with Crippen LogP contribution in [0.4, 0.5) is 0 Å². The van der Waals surface area contributed by atoms with E-state index in [0.29, 0.717) is 0 Å². The fraction of sp³-hybridized carbons (Fsp3) is 0.786. The molecule has 0 amide bonds. The SMILES string of the molecule is CCCCCNC(=NC)NCCC1=CCOCC1. The predicted molar refractivity (Wildman–Crippen MR) is 77.0 cm³/mol. The van der Waals surface area contributed by atoms with Crippen molar-refractivity contribution in [2.45, 2.75) is 39.0 Å². The minimum absolute atomic E-state index is 0.777. The summed E-state index contributed by atoms with van der Waals surface area (Å²) in [5.74, 6) is 0.916. The second-order valence-electron chi connectivity index (χ2n) is 4.57. The van der Waals surface area contributed by atoms with Crippen molar-refractivity contribution in [3.05, 3.63) is 11.6 Å². The van der Waals surface area contributed by atoms with Crippen molar-refractivity contribution in [2.24, 2.45) is 4.99 Å². The zero-order valence-electron chi connectivity index (χ0n) is 11.8. The monoisotopic (exact) mass is 253 g/mol. The Kier molecular flexibility index (Phi) is 8.30. The maximum Gasteiger partial charge on any atom is 0.190 e. The molecular weight excluding hydrogens is 226 g/mol. The summed E-state index contributed by atoms with van der Waals surface area (Å²) in [6, 6.07) is 0. The number of aliphatic imine (C=N–C) groups is 1. The summed E-state index contributed by atoms with van der Waals surface area (Å²) in [6.45, 7) is 5.81. The average molecular weight is 253 g/mol. The van der Waals surface area contributed by atoms with Crippen LogP contribution in [0.3, 0.4) is 0 Å². The van der Waals surface area contributed by atoms with E-state index in [1.807, 2.05) is 7.05 Å². The first kappa shape index (κ1) is 15.0. The van der Waals surface area contributed by atoms with Crippen LogP contribution in [0.2, 0.25) is 0 Å². The molecule has 0 radical (unpaired) electrons. The lowest BCUT2D eigenvalue weighted by molar-refractivity contribution is 0.153. The number of nitrogens with one attached hydrogen (secondary N) is 2. The van der Waals surface area contributed by atoms with Crippen LogP contribution in [0.1, 0.15) is 39.0 Å². The number of ether oxygens (including phenoxy) is 1. The lowest BCUT2D eigenvalue weighted by atomic mass is 10.1. The minimum atomic E-state index is 0.777. The predicted octanol–water partition coefficient (Wildman–Crippen LogP) is 2.08. The first-order chi connectivity index (χ1) is 8.86. The highest BCUT2D eigenvalue weighted by Crippen LogP contribution is 2.10. The van der Waals surface area contributed by atoms with Crippen molar-refractivity contribution < 1.29 is 4.74 Å². The van der Waals surface area contributed by atoms with Gasteiger partial charge in [0.1, 0.15) is 0 Å². The molecule has 1 heterocycles. The van der Waals surface area contributed by atoms with Gasteiger partial charge in [0.2, 0.25) is 0 Å². The van der Waals surface area contributed by atoms with Gasteiger partial charge in [-0.05, 0) is 19.3 Å². The lowest BCUT2D eigenvalue weighted by Crippen LogP contribution is -2.38. The van der Waals surface area contributed by atoms with Crippen molar-refractivity contribution in [1.29, 1.82) is 0 Å². The molecule has 2 N–H and O–H groups in total. The van der Waals surface area contributed by atoms with E-state index in [4.69, 9.17) is 4.74 Å². The zero-order valence-corrected chi connectivity index (χ0v) is 11.8. The molecule has 0 aliphatic carbocycles. The highest BCUT2D eigenvalue weighted by molar-refractivity contribution is 5.79. The Balaban J connectivity index is 2.09. The van der Waals surface area contributed by atoms with Gasteiger partial charge >= 0.3 is 0 Å². The van der Waals surface area contributed by atoms with Gasteiger partial charge in [0.25, 0.3) is 0 Å². The molecule has 0 saturated carbocycles. The van der Waals surface area contributed by atoms with Crippen LogP contribution in [0.5, 0.6) is 0 Å². The molecular formula is C14H27N3O. The normalized spacial score (nSPS) is 16.3. The second-order valence-corrected chi connectivity index (χ2v) is 4.57. The van der Waals surface area contributed by atoms with Gasteiger partial charge in [-0.15, -0.1) is 0 Å². The van der Waals surface area contributed by atoms with Crippen LogP contribution < -0.4 is 10.6 Å². The quantitative estimate of drug-likeness (QED) is 0.316. The summed E-state index contributed by atoms with van der Waals surface area (Å²) in [5.41, 5.74) is 1.50. The summed E-state index contributed by atoms with van der Waals surface area (Å²) < 4.78 is 5.29. The highest BCUT2D eigenvalue weighted by Gasteiger charge is 2.03. The fourth-order valence-electron chi connectivity index (χ4n) is 1.94. The third kappa shape index (κ3) is 6.64. The molecule has 0 aromatic heterocycles. The fourth-order valence-corrected chi connectivity index (χ4v) is 1.94. The number of hydrogen-bond acceptors (Lipinski definition) is 2. The Bertz CT molecular complexity index is 274. The van der Waals surface area contributed by atoms with Gasteiger partial charge in [-0.1, -0.05) is 31.4 Å². The second kappa shape index (κ2) is 9.95. The third-order valence-electron chi connectivity index (χ3n) is 3.09. The van der Waals surface area contributed by atoms with Gasteiger partial charge < -0.3 is 15.4 Å². The molecule has 0 aromatic rings. The summed E-state index contributed by atoms with van der Waals surface area (Å²) in [7, 11) is 1.82. The highest BCUT2D eigenvalue weighted by atomic mass is 16.5. The van der Waals surface area contributed by atoms with E-state index in [0.717, 1.165) is 45.1 Å². The van der Waals surface area contributed by atoms with E-state index in [9.17, 15) is 0 Å². The van der Waals surface area contributed by atoms with E-state index < -0.39 is 0 Å². The Hall–Kier alpha value is -1.03. The van der Waals surface area contributed by atoms with Crippen molar-refractivity contribution >= 4 is 5.96 Å². The van der Waals surface area contributed by atoms with Gasteiger partial charge in [-0.2, -0.15) is 0 Å². The molecule has 1 aliphatic rings. The molecule has 4 nitrogen and oxygen atoms in total. The van der Waals surface area contributed by atoms with Crippen LogP contribution in [0.15, 0.2) is 16.6 Å². The number of nitrogens with zero attached hydrogens (tertiary/aromatic N) is 1. The smallest absolute Gasteiger partial charge is 0.190 e. The summed E-state index contributed by atoms with van der Waals surface area (Å²) in [5, 5.41) is 6.69. The molecule has 0 unspecified atom stereocenters. The van der Waals surface area contributed by atoms with Crippen LogP contribution in [-0.2, 0) is 4.74 Å². The Labute approximate surface area is 111 Å². The molecule has 0 fully saturated rings. The number of unbranched alkanes of at least 4 members (excludes halogenated alkanes) is 2. The van der Waals surface area contributed by atoms with Crippen LogP contribution in [0, 0.1) is 0 Å². The summed E-state index contributed by atoms with van der Waals surface area (Å²) >= 11 is 0. The molecule has 0 saturated heterocycles. The van der Waals surface area contributed by atoms with Crippen LogP contribution >= 0.6 is 0 Å². The third-order valence-corrected chi connectivity index (χ3v) is 3.09. The molecule has 1 rings (SSSR count). The molecule has 0 spiro atoms. The van der Waals surface area contributed by atoms with Crippen molar-refractivity contribution in [2.75, 3.05) is 33.4 Å². The lowest BCUT2D eigenvalue weighted by Gasteiger charge is -2.15. The first-order valence-electron chi connectivity index (χ1n) is 7.07. The molecule has 0 atom stereocenters. The largest absolute Gasteiger partial charge is 0.377 e. The van der Waals surface area contributed by atoms with E-state index in [1.54, 1.807) is 0 Å². The number of rotatable bonds is 7. The van der Waals surface area contributed by atoms with E-state index in [1.165, 1.54) is 24.8 Å². The van der Waals surface area contributed by atoms with Gasteiger partial charge in [-0.3, -0.25) is 4.99 Å². The van der Waals surface area contributed by atoms with Gasteiger partial charge in [0.15, 0.2) is 5.96 Å². The van der Waals surface area contributed by atoms with Crippen molar-refractivity contribution in [3.63, 3.8) is 0 Å². The number of guanidine groups is 1. The molecule has 4 heteroatoms. The molecule has 1 aliphatic heterocycles. The van der Waals surface area contributed by atoms with E-state index in [-0.39, 0.29) is 0 Å². The summed E-state index contributed by atoms with van der Waals surface area (Å²) in [4.78, 5) is 4.22. The Morgan fingerprint density at radius 1 is 1.33 bits per heavy atom. The molecule has 0 bridgehead atoms. The van der Waals surface area contributed by atoms with Gasteiger partial charge in [0, 0.05) is 20.1 Å². The summed E-state index contributed by atoms with van der Waals surface area (Å²) in [6.07, 6.45) is 8.09. The Morgan fingerprint density at radius 2 is 2.17 bits per heavy atom. The van der Waals surface area contributed by atoms with Crippen LogP contribution in [0.25, 0.3) is 0 Å². The Morgan fingerprint density at radius 3 is 2.83 bits per heavy atom. The maximum absolute atomic E-state index is 5.29. The standard InChI is InChI=1S/C14H27N3O/c1-3-4-5-9-16-14(15-2)17-10-6-13-7-11-18-12-8-13/h7H,3-6,8-12H2,1-2H3,(H2,15,16,17). The zero-order chi connectivity index (χ0) is 13.1. The molecule has 0 aromatic carbocycles. The first-order valence-corrected chi connectivity index (χ1v) is 7.07. The van der Waals surface area contributed by atoms with E-state index >= 15 is 0 Å². The van der Waals surface area contributed by atoms with Gasteiger partial charge in [-0.25, -0.2) is 0 Å². The maximum atomic E-state index is 5.29. The van der Waals surface area contributed by atoms with Gasteiger partial charge in [0.05, 0.1) is 13.2 Å². The van der Waals surface area contributed by atoms with Crippen molar-refractivity contribution in [1.82, 2.24) is 10.6 Å². The molecule has 104 valence electrons.